The van der Waals surface area contributed by atoms with Gasteiger partial charge in [-0.3, -0.25) is 10.0 Å². The molecule has 5 heteroatoms. The minimum atomic E-state index is -0.408. The van der Waals surface area contributed by atoms with Crippen LogP contribution in [0.5, 0.6) is 11.5 Å². The highest BCUT2D eigenvalue weighted by molar-refractivity contribution is 5.71. The summed E-state index contributed by atoms with van der Waals surface area (Å²) in [7, 11) is 1.57. The summed E-state index contributed by atoms with van der Waals surface area (Å²) in [5.74, 6) is 0.926. The lowest BCUT2D eigenvalue weighted by Gasteiger charge is -2.13. The molecule has 1 rings (SSSR count). The van der Waals surface area contributed by atoms with Crippen molar-refractivity contribution in [2.45, 2.75) is 6.92 Å². The molecule has 1 amide bonds. The summed E-state index contributed by atoms with van der Waals surface area (Å²) in [4.78, 5) is 10.7. The largest absolute Gasteiger partial charge is 0.497 e. The van der Waals surface area contributed by atoms with Gasteiger partial charge >= 0.3 is 0 Å². The summed E-state index contributed by atoms with van der Waals surface area (Å²) in [6.07, 6.45) is 0. The van der Waals surface area contributed by atoms with Crippen molar-refractivity contribution < 1.29 is 19.5 Å². The standard InChI is InChI=1S/C11H15NO4/c1-9(13)12(14)6-7-16-11-5-3-4-10(8-11)15-2/h3-5,8,14H,6-7H2,1-2H3. The number of rotatable bonds is 5. The van der Waals surface area contributed by atoms with E-state index in [0.29, 0.717) is 16.6 Å². The van der Waals surface area contributed by atoms with Crippen LogP contribution >= 0.6 is 0 Å². The normalized spacial score (nSPS) is 9.69. The van der Waals surface area contributed by atoms with Crippen LogP contribution in [0.2, 0.25) is 0 Å². The Labute approximate surface area is 94.2 Å². The van der Waals surface area contributed by atoms with Crippen molar-refractivity contribution in [3.8, 4) is 11.5 Å². The van der Waals surface area contributed by atoms with E-state index in [0.717, 1.165) is 0 Å². The van der Waals surface area contributed by atoms with Crippen molar-refractivity contribution in [3.05, 3.63) is 24.3 Å². The van der Waals surface area contributed by atoms with E-state index >= 15 is 0 Å². The zero-order valence-corrected chi connectivity index (χ0v) is 9.34. The molecule has 1 aromatic carbocycles. The highest BCUT2D eigenvalue weighted by Gasteiger charge is 2.04. The first kappa shape index (κ1) is 12.3. The molecule has 0 aliphatic rings. The fraction of sp³-hybridized carbons (Fsp3) is 0.364. The highest BCUT2D eigenvalue weighted by Crippen LogP contribution is 2.18. The lowest BCUT2D eigenvalue weighted by atomic mass is 10.3. The molecule has 0 fully saturated rings. The Morgan fingerprint density at radius 2 is 2.12 bits per heavy atom. The molecule has 0 aliphatic heterocycles. The van der Waals surface area contributed by atoms with E-state index in [-0.39, 0.29) is 13.2 Å². The van der Waals surface area contributed by atoms with Gasteiger partial charge in [-0.05, 0) is 12.1 Å². The number of carbonyl (C=O) groups excluding carboxylic acids is 1. The Kier molecular flexibility index (Phi) is 4.60. The van der Waals surface area contributed by atoms with Crippen molar-refractivity contribution in [1.82, 2.24) is 5.06 Å². The maximum absolute atomic E-state index is 10.7. The summed E-state index contributed by atoms with van der Waals surface area (Å²) in [5.41, 5.74) is 0. The Hall–Kier alpha value is -1.75. The van der Waals surface area contributed by atoms with Gasteiger partial charge in [-0.15, -0.1) is 0 Å². The topological polar surface area (TPSA) is 59.0 Å². The number of ether oxygens (including phenoxy) is 2. The maximum atomic E-state index is 10.7. The first-order chi connectivity index (χ1) is 7.63. The van der Waals surface area contributed by atoms with Gasteiger partial charge in [-0.2, -0.15) is 0 Å². The Bertz CT molecular complexity index is 354. The summed E-state index contributed by atoms with van der Waals surface area (Å²) in [6.45, 7) is 1.64. The fourth-order valence-electron chi connectivity index (χ4n) is 1.10. The van der Waals surface area contributed by atoms with Crippen LogP contribution in [0.3, 0.4) is 0 Å². The predicted octanol–water partition coefficient (Wildman–Crippen LogP) is 1.31. The quantitative estimate of drug-likeness (QED) is 0.606. The molecule has 1 N–H and O–H groups in total. The average molecular weight is 225 g/mol. The zero-order chi connectivity index (χ0) is 12.0. The summed E-state index contributed by atoms with van der Waals surface area (Å²) in [6, 6.07) is 7.12. The predicted molar refractivity (Wildman–Crippen MR) is 57.7 cm³/mol. The van der Waals surface area contributed by atoms with Crippen molar-refractivity contribution in [2.75, 3.05) is 20.3 Å². The third-order valence-electron chi connectivity index (χ3n) is 1.98. The second-order valence-corrected chi connectivity index (χ2v) is 3.17. The van der Waals surface area contributed by atoms with Gasteiger partial charge in [-0.1, -0.05) is 6.07 Å². The molecule has 16 heavy (non-hydrogen) atoms. The Morgan fingerprint density at radius 3 is 2.75 bits per heavy atom. The molecule has 0 aromatic heterocycles. The first-order valence-corrected chi connectivity index (χ1v) is 4.87. The van der Waals surface area contributed by atoms with E-state index < -0.39 is 5.91 Å². The number of carbonyl (C=O) groups is 1. The Morgan fingerprint density at radius 1 is 1.44 bits per heavy atom. The first-order valence-electron chi connectivity index (χ1n) is 4.87. The van der Waals surface area contributed by atoms with E-state index in [1.54, 1.807) is 31.4 Å². The van der Waals surface area contributed by atoms with Gasteiger partial charge in [0.05, 0.1) is 13.7 Å². The van der Waals surface area contributed by atoms with Crippen molar-refractivity contribution >= 4 is 5.91 Å². The van der Waals surface area contributed by atoms with Crippen molar-refractivity contribution in [1.29, 1.82) is 0 Å². The van der Waals surface area contributed by atoms with Crippen LogP contribution in [0.15, 0.2) is 24.3 Å². The number of amides is 1. The SMILES string of the molecule is COc1cccc(OCCN(O)C(C)=O)c1. The molecule has 0 saturated heterocycles. The summed E-state index contributed by atoms with van der Waals surface area (Å²) < 4.78 is 10.4. The van der Waals surface area contributed by atoms with Gasteiger partial charge in [0.2, 0.25) is 5.91 Å². The minimum Gasteiger partial charge on any atom is -0.497 e. The van der Waals surface area contributed by atoms with Crippen molar-refractivity contribution in [2.24, 2.45) is 0 Å². The summed E-state index contributed by atoms with van der Waals surface area (Å²) >= 11 is 0. The van der Waals surface area contributed by atoms with E-state index in [4.69, 9.17) is 14.7 Å². The average Bonchev–Trinajstić information content (AvgIpc) is 2.29. The molecule has 0 bridgehead atoms. The number of hydrogen-bond acceptors (Lipinski definition) is 4. The van der Waals surface area contributed by atoms with Crippen LogP contribution in [0, 0.1) is 0 Å². The third kappa shape index (κ3) is 3.78. The zero-order valence-electron chi connectivity index (χ0n) is 9.34. The number of hydroxylamine groups is 2. The molecule has 1 aromatic rings. The lowest BCUT2D eigenvalue weighted by Crippen LogP contribution is -2.29. The van der Waals surface area contributed by atoms with Gasteiger partial charge in [0.1, 0.15) is 18.1 Å². The van der Waals surface area contributed by atoms with Gasteiger partial charge < -0.3 is 9.47 Å². The molecule has 0 aliphatic carbocycles. The molecule has 0 atom stereocenters. The maximum Gasteiger partial charge on any atom is 0.242 e. The third-order valence-corrected chi connectivity index (χ3v) is 1.98. The number of nitrogens with zero attached hydrogens (tertiary/aromatic N) is 1. The minimum absolute atomic E-state index is 0.131. The molecule has 0 spiro atoms. The molecule has 0 saturated carbocycles. The van der Waals surface area contributed by atoms with Gasteiger partial charge in [0, 0.05) is 13.0 Å². The fourth-order valence-corrected chi connectivity index (χ4v) is 1.10. The molecule has 5 nitrogen and oxygen atoms in total. The van der Waals surface area contributed by atoms with Gasteiger partial charge in [-0.25, -0.2) is 5.06 Å². The number of hydrogen-bond donors (Lipinski definition) is 1. The van der Waals surface area contributed by atoms with E-state index in [2.05, 4.69) is 0 Å². The van der Waals surface area contributed by atoms with Crippen LogP contribution in [-0.4, -0.2) is 36.4 Å². The Balaban J connectivity index is 2.39. The van der Waals surface area contributed by atoms with E-state index in [9.17, 15) is 4.79 Å². The monoisotopic (exact) mass is 225 g/mol. The van der Waals surface area contributed by atoms with E-state index in [1.807, 2.05) is 0 Å². The molecule has 0 heterocycles. The van der Waals surface area contributed by atoms with Gasteiger partial charge in [0.25, 0.3) is 0 Å². The molecule has 0 unspecified atom stereocenters. The molecular weight excluding hydrogens is 210 g/mol. The van der Waals surface area contributed by atoms with Crippen LogP contribution in [0.4, 0.5) is 0 Å². The summed E-state index contributed by atoms with van der Waals surface area (Å²) in [5, 5.41) is 9.70. The van der Waals surface area contributed by atoms with Crippen molar-refractivity contribution in [3.63, 3.8) is 0 Å². The number of benzene rings is 1. The van der Waals surface area contributed by atoms with Gasteiger partial charge in [0.15, 0.2) is 0 Å². The van der Waals surface area contributed by atoms with Crippen LogP contribution < -0.4 is 9.47 Å². The van der Waals surface area contributed by atoms with Crippen LogP contribution in [0.25, 0.3) is 0 Å². The lowest BCUT2D eigenvalue weighted by molar-refractivity contribution is -0.163. The molecule has 0 radical (unpaired) electrons. The second-order valence-electron chi connectivity index (χ2n) is 3.17. The number of methoxy groups -OCH3 is 1. The second kappa shape index (κ2) is 5.97. The molecular formula is C11H15NO4. The van der Waals surface area contributed by atoms with Crippen LogP contribution in [-0.2, 0) is 4.79 Å². The molecule has 88 valence electrons. The van der Waals surface area contributed by atoms with E-state index in [1.165, 1.54) is 6.92 Å². The smallest absolute Gasteiger partial charge is 0.242 e. The highest BCUT2D eigenvalue weighted by atomic mass is 16.5. The van der Waals surface area contributed by atoms with Crippen LogP contribution in [0.1, 0.15) is 6.92 Å².